The molecule has 0 bridgehead atoms. The average Bonchev–Trinajstić information content (AvgIpc) is 2.81. The molecule has 5 heteroatoms. The van der Waals surface area contributed by atoms with Gasteiger partial charge in [-0.1, -0.05) is 6.92 Å². The van der Waals surface area contributed by atoms with Gasteiger partial charge >= 0.3 is 0 Å². The van der Waals surface area contributed by atoms with Crippen LogP contribution in [0.5, 0.6) is 0 Å². The van der Waals surface area contributed by atoms with Gasteiger partial charge in [-0.15, -0.1) is 11.3 Å². The Balaban J connectivity index is 2.07. The Bertz CT molecular complexity index is 472. The standard InChI is InChI=1S/C11H16N4S/c1-3-9-10(7-15(2)14-9)13-6-11-8(12)4-5-16-11/h4-5,7,13H,3,6,12H2,1-2H3. The van der Waals surface area contributed by atoms with E-state index in [1.54, 1.807) is 11.3 Å². The van der Waals surface area contributed by atoms with Crippen LogP contribution in [0.4, 0.5) is 11.4 Å². The van der Waals surface area contributed by atoms with Crippen LogP contribution in [0, 0.1) is 0 Å². The third kappa shape index (κ3) is 2.19. The van der Waals surface area contributed by atoms with Crippen LogP contribution < -0.4 is 11.1 Å². The molecule has 0 saturated heterocycles. The van der Waals surface area contributed by atoms with E-state index in [9.17, 15) is 0 Å². The predicted molar refractivity (Wildman–Crippen MR) is 68.6 cm³/mol. The van der Waals surface area contributed by atoms with Gasteiger partial charge in [-0.3, -0.25) is 4.68 Å². The minimum atomic E-state index is 0.766. The van der Waals surface area contributed by atoms with Crippen LogP contribution in [0.2, 0.25) is 0 Å². The zero-order chi connectivity index (χ0) is 11.5. The highest BCUT2D eigenvalue weighted by Gasteiger charge is 2.06. The molecule has 0 aliphatic carbocycles. The summed E-state index contributed by atoms with van der Waals surface area (Å²) in [6.07, 6.45) is 2.94. The summed E-state index contributed by atoms with van der Waals surface area (Å²) in [4.78, 5) is 1.17. The molecule has 86 valence electrons. The highest BCUT2D eigenvalue weighted by atomic mass is 32.1. The number of aromatic nitrogens is 2. The minimum absolute atomic E-state index is 0.766. The molecule has 2 aromatic rings. The quantitative estimate of drug-likeness (QED) is 0.856. The number of nitrogens with one attached hydrogen (secondary N) is 1. The Morgan fingerprint density at radius 1 is 1.56 bits per heavy atom. The first-order chi connectivity index (χ1) is 7.70. The maximum atomic E-state index is 5.83. The second-order valence-corrected chi connectivity index (χ2v) is 4.67. The van der Waals surface area contributed by atoms with Gasteiger partial charge in [0.2, 0.25) is 0 Å². The molecule has 0 aliphatic rings. The molecule has 0 aliphatic heterocycles. The summed E-state index contributed by atoms with van der Waals surface area (Å²) >= 11 is 1.67. The normalized spacial score (nSPS) is 10.6. The van der Waals surface area contributed by atoms with Crippen LogP contribution in [0.25, 0.3) is 0 Å². The topological polar surface area (TPSA) is 55.9 Å². The van der Waals surface area contributed by atoms with Crippen LogP contribution in [-0.2, 0) is 20.0 Å². The van der Waals surface area contributed by atoms with Gasteiger partial charge < -0.3 is 11.1 Å². The van der Waals surface area contributed by atoms with E-state index in [2.05, 4.69) is 17.3 Å². The lowest BCUT2D eigenvalue weighted by Crippen LogP contribution is -2.01. The van der Waals surface area contributed by atoms with Crippen molar-refractivity contribution in [2.45, 2.75) is 19.9 Å². The SMILES string of the molecule is CCc1nn(C)cc1NCc1sccc1N. The molecule has 0 aromatic carbocycles. The Kier molecular flexibility index (Phi) is 3.14. The van der Waals surface area contributed by atoms with E-state index in [1.165, 1.54) is 4.88 Å². The fraction of sp³-hybridized carbons (Fsp3) is 0.364. The molecule has 0 spiro atoms. The maximum absolute atomic E-state index is 5.83. The van der Waals surface area contributed by atoms with Crippen LogP contribution in [0.1, 0.15) is 17.5 Å². The Hall–Kier alpha value is -1.49. The molecule has 4 nitrogen and oxygen atoms in total. The highest BCUT2D eigenvalue weighted by molar-refractivity contribution is 7.10. The number of anilines is 2. The van der Waals surface area contributed by atoms with E-state index in [4.69, 9.17) is 5.73 Å². The Morgan fingerprint density at radius 3 is 3.00 bits per heavy atom. The monoisotopic (exact) mass is 236 g/mol. The van der Waals surface area contributed by atoms with Crippen molar-refractivity contribution in [3.63, 3.8) is 0 Å². The third-order valence-electron chi connectivity index (χ3n) is 2.46. The van der Waals surface area contributed by atoms with Crippen LogP contribution in [0.3, 0.4) is 0 Å². The molecule has 0 radical (unpaired) electrons. The Labute approximate surface area is 99.1 Å². The van der Waals surface area contributed by atoms with Crippen LogP contribution in [-0.4, -0.2) is 9.78 Å². The molecule has 2 heterocycles. The van der Waals surface area contributed by atoms with Gasteiger partial charge in [0.25, 0.3) is 0 Å². The summed E-state index contributed by atoms with van der Waals surface area (Å²) in [5, 5.41) is 9.76. The summed E-state index contributed by atoms with van der Waals surface area (Å²) in [6.45, 7) is 2.87. The lowest BCUT2D eigenvalue weighted by Gasteiger charge is -2.04. The van der Waals surface area contributed by atoms with Gasteiger partial charge in [-0.2, -0.15) is 5.10 Å². The lowest BCUT2D eigenvalue weighted by atomic mass is 10.3. The highest BCUT2D eigenvalue weighted by Crippen LogP contribution is 2.21. The summed E-state index contributed by atoms with van der Waals surface area (Å²) in [5.74, 6) is 0. The summed E-state index contributed by atoms with van der Waals surface area (Å²) in [7, 11) is 1.93. The fourth-order valence-corrected chi connectivity index (χ4v) is 2.35. The van der Waals surface area contributed by atoms with E-state index in [0.717, 1.165) is 30.0 Å². The van der Waals surface area contributed by atoms with Crippen molar-refractivity contribution in [2.75, 3.05) is 11.1 Å². The number of hydrogen-bond donors (Lipinski definition) is 2. The molecule has 0 saturated carbocycles. The van der Waals surface area contributed by atoms with E-state index in [1.807, 2.05) is 29.4 Å². The molecular formula is C11H16N4S. The molecule has 0 unspecified atom stereocenters. The first-order valence-corrected chi connectivity index (χ1v) is 6.17. The van der Waals surface area contributed by atoms with Crippen molar-refractivity contribution in [2.24, 2.45) is 7.05 Å². The second kappa shape index (κ2) is 4.57. The van der Waals surface area contributed by atoms with Crippen molar-refractivity contribution in [3.8, 4) is 0 Å². The van der Waals surface area contributed by atoms with Crippen LogP contribution >= 0.6 is 11.3 Å². The predicted octanol–water partition coefficient (Wildman–Crippen LogP) is 2.24. The first-order valence-electron chi connectivity index (χ1n) is 5.29. The second-order valence-electron chi connectivity index (χ2n) is 3.67. The molecule has 16 heavy (non-hydrogen) atoms. The lowest BCUT2D eigenvalue weighted by molar-refractivity contribution is 0.746. The number of aryl methyl sites for hydroxylation is 2. The number of nitrogen functional groups attached to an aromatic ring is 1. The van der Waals surface area contributed by atoms with Gasteiger partial charge in [-0.25, -0.2) is 0 Å². The zero-order valence-electron chi connectivity index (χ0n) is 9.53. The summed E-state index contributed by atoms with van der Waals surface area (Å²) in [6, 6.07) is 1.94. The molecule has 0 atom stereocenters. The molecule has 2 aromatic heterocycles. The number of thiophene rings is 1. The largest absolute Gasteiger partial charge is 0.398 e. The van der Waals surface area contributed by atoms with Crippen molar-refractivity contribution in [1.82, 2.24) is 9.78 Å². The van der Waals surface area contributed by atoms with Gasteiger partial charge in [0.05, 0.1) is 17.9 Å². The number of nitrogens with zero attached hydrogens (tertiary/aromatic N) is 2. The third-order valence-corrected chi connectivity index (χ3v) is 3.40. The van der Waals surface area contributed by atoms with E-state index in [-0.39, 0.29) is 0 Å². The van der Waals surface area contributed by atoms with E-state index >= 15 is 0 Å². The molecule has 3 N–H and O–H groups in total. The number of rotatable bonds is 4. The van der Waals surface area contributed by atoms with Crippen molar-refractivity contribution in [1.29, 1.82) is 0 Å². The van der Waals surface area contributed by atoms with Crippen molar-refractivity contribution >= 4 is 22.7 Å². The van der Waals surface area contributed by atoms with Gasteiger partial charge in [0, 0.05) is 23.8 Å². The Morgan fingerprint density at radius 2 is 2.38 bits per heavy atom. The number of nitrogens with two attached hydrogens (primary N) is 1. The van der Waals surface area contributed by atoms with Gasteiger partial charge in [0.15, 0.2) is 0 Å². The summed E-state index contributed by atoms with van der Waals surface area (Å²) < 4.78 is 1.83. The van der Waals surface area contributed by atoms with E-state index < -0.39 is 0 Å². The van der Waals surface area contributed by atoms with Gasteiger partial charge in [-0.05, 0) is 17.9 Å². The number of hydrogen-bond acceptors (Lipinski definition) is 4. The first kappa shape index (κ1) is 11.0. The average molecular weight is 236 g/mol. The van der Waals surface area contributed by atoms with E-state index in [0.29, 0.717) is 0 Å². The summed E-state index contributed by atoms with van der Waals surface area (Å²) in [5.41, 5.74) is 8.88. The fourth-order valence-electron chi connectivity index (χ4n) is 1.61. The molecule has 0 fully saturated rings. The maximum Gasteiger partial charge on any atom is 0.0853 e. The van der Waals surface area contributed by atoms with Crippen molar-refractivity contribution < 1.29 is 0 Å². The zero-order valence-corrected chi connectivity index (χ0v) is 10.3. The van der Waals surface area contributed by atoms with Gasteiger partial charge in [0.1, 0.15) is 0 Å². The molecular weight excluding hydrogens is 220 g/mol. The molecule has 0 amide bonds. The smallest absolute Gasteiger partial charge is 0.0853 e. The van der Waals surface area contributed by atoms with Crippen molar-refractivity contribution in [3.05, 3.63) is 28.2 Å². The van der Waals surface area contributed by atoms with Crippen LogP contribution in [0.15, 0.2) is 17.6 Å². The minimum Gasteiger partial charge on any atom is -0.398 e. The molecule has 2 rings (SSSR count).